The molecule has 0 unspecified atom stereocenters. The van der Waals surface area contributed by atoms with Gasteiger partial charge in [0.05, 0.1) is 31.8 Å². The molecule has 0 bridgehead atoms. The van der Waals surface area contributed by atoms with Crippen LogP contribution in [0.5, 0.6) is 11.5 Å². The van der Waals surface area contributed by atoms with Crippen molar-refractivity contribution >= 4 is 29.1 Å². The van der Waals surface area contributed by atoms with Crippen LogP contribution in [-0.2, 0) is 19.1 Å². The van der Waals surface area contributed by atoms with Gasteiger partial charge in [-0.15, -0.1) is 0 Å². The van der Waals surface area contributed by atoms with Crippen molar-refractivity contribution in [3.8, 4) is 11.5 Å². The number of para-hydroxylation sites is 2. The Kier molecular flexibility index (Phi) is 6.47. The molecule has 1 N–H and O–H groups in total. The predicted octanol–water partition coefficient (Wildman–Crippen LogP) is 3.48. The molecule has 0 saturated carbocycles. The summed E-state index contributed by atoms with van der Waals surface area (Å²) in [5.74, 6) is 1.49. The first-order valence-electron chi connectivity index (χ1n) is 10.4. The summed E-state index contributed by atoms with van der Waals surface area (Å²) in [6, 6.07) is 13.1. The van der Waals surface area contributed by atoms with Crippen LogP contribution in [0.3, 0.4) is 0 Å². The fraction of sp³-hybridized carbons (Fsp3) is 0.348. The number of ether oxygens (including phenoxy) is 3. The molecule has 8 heteroatoms. The Hall–Kier alpha value is -3.39. The molecule has 0 radical (unpaired) electrons. The molecule has 0 atom stereocenters. The summed E-state index contributed by atoms with van der Waals surface area (Å²) in [4.78, 5) is 30.9. The third-order valence-corrected chi connectivity index (χ3v) is 4.99. The molecule has 1 amide bonds. The van der Waals surface area contributed by atoms with E-state index < -0.39 is 0 Å². The Morgan fingerprint density at radius 2 is 1.90 bits per heavy atom. The van der Waals surface area contributed by atoms with Gasteiger partial charge in [-0.3, -0.25) is 9.59 Å². The van der Waals surface area contributed by atoms with Crippen LogP contribution in [0.25, 0.3) is 0 Å². The van der Waals surface area contributed by atoms with Crippen molar-refractivity contribution in [2.24, 2.45) is 4.99 Å². The highest BCUT2D eigenvalue weighted by Gasteiger charge is 2.24. The van der Waals surface area contributed by atoms with E-state index in [2.05, 4.69) is 10.2 Å². The van der Waals surface area contributed by atoms with Gasteiger partial charge in [0.25, 0.3) is 0 Å². The van der Waals surface area contributed by atoms with E-state index in [1.165, 1.54) is 0 Å². The smallest absolute Gasteiger partial charge is 0.306 e. The first kappa shape index (κ1) is 20.9. The number of hydrogen-bond donors (Lipinski definition) is 1. The van der Waals surface area contributed by atoms with Gasteiger partial charge in [-0.05, 0) is 37.3 Å². The van der Waals surface area contributed by atoms with E-state index in [4.69, 9.17) is 19.2 Å². The molecule has 2 aromatic carbocycles. The minimum Gasteiger partial charge on any atom is -0.466 e. The molecule has 0 aromatic heterocycles. The molecule has 1 fully saturated rings. The molecule has 1 saturated heterocycles. The normalized spacial score (nSPS) is 15.0. The number of nitrogens with one attached hydrogen (secondary N) is 1. The van der Waals surface area contributed by atoms with Crippen molar-refractivity contribution in [2.75, 3.05) is 38.2 Å². The predicted molar refractivity (Wildman–Crippen MR) is 116 cm³/mol. The van der Waals surface area contributed by atoms with E-state index in [0.29, 0.717) is 37.0 Å². The Morgan fingerprint density at radius 1 is 1.10 bits per heavy atom. The fourth-order valence-corrected chi connectivity index (χ4v) is 3.49. The van der Waals surface area contributed by atoms with Crippen LogP contribution in [-0.4, -0.2) is 55.5 Å². The lowest BCUT2D eigenvalue weighted by molar-refractivity contribution is -0.144. The van der Waals surface area contributed by atoms with E-state index in [-0.39, 0.29) is 24.7 Å². The van der Waals surface area contributed by atoms with Gasteiger partial charge in [0, 0.05) is 25.2 Å². The van der Waals surface area contributed by atoms with Gasteiger partial charge < -0.3 is 24.4 Å². The Balaban J connectivity index is 1.60. The zero-order chi connectivity index (χ0) is 21.6. The number of benzene rings is 2. The first-order valence-corrected chi connectivity index (χ1v) is 10.4. The Bertz CT molecular complexity index is 998. The summed E-state index contributed by atoms with van der Waals surface area (Å²) in [6.07, 6.45) is 0.103. The average molecular weight is 423 g/mol. The Labute approximate surface area is 180 Å². The summed E-state index contributed by atoms with van der Waals surface area (Å²) >= 11 is 0. The number of amides is 1. The highest BCUT2D eigenvalue weighted by Crippen LogP contribution is 2.39. The minimum absolute atomic E-state index is 0.0452. The lowest BCUT2D eigenvalue weighted by Crippen LogP contribution is -2.41. The van der Waals surface area contributed by atoms with Gasteiger partial charge in [0.2, 0.25) is 5.91 Å². The molecule has 0 spiro atoms. The number of esters is 1. The second-order valence-electron chi connectivity index (χ2n) is 7.17. The van der Waals surface area contributed by atoms with Crippen molar-refractivity contribution in [3.63, 3.8) is 0 Å². The van der Waals surface area contributed by atoms with Crippen molar-refractivity contribution in [1.29, 1.82) is 0 Å². The van der Waals surface area contributed by atoms with Crippen molar-refractivity contribution in [1.82, 2.24) is 4.90 Å². The molecule has 2 aromatic rings. The van der Waals surface area contributed by atoms with Gasteiger partial charge in [0.1, 0.15) is 17.3 Å². The average Bonchev–Trinajstić information content (AvgIpc) is 2.95. The van der Waals surface area contributed by atoms with Crippen molar-refractivity contribution < 1.29 is 23.8 Å². The number of nitrogens with zero attached hydrogens (tertiary/aromatic N) is 2. The summed E-state index contributed by atoms with van der Waals surface area (Å²) in [5, 5.41) is 2.85. The van der Waals surface area contributed by atoms with Crippen LogP contribution in [0.2, 0.25) is 0 Å². The number of hydrogen-bond acceptors (Lipinski definition) is 7. The number of carbonyl (C=O) groups excluding carboxylic acids is 2. The van der Waals surface area contributed by atoms with E-state index in [1.807, 2.05) is 36.4 Å². The number of amidine groups is 1. The van der Waals surface area contributed by atoms with Crippen LogP contribution in [0.4, 0.5) is 11.4 Å². The largest absolute Gasteiger partial charge is 0.466 e. The standard InChI is InChI=1S/C23H25N3O5/c1-2-30-22(28)10-9-21(27)24-16-7-8-19-17(15-16)23(26-11-13-29-14-12-26)25-18-5-3-4-6-20(18)31-19/h3-8,15H,2,9-14H2,1H3,(H,24,27). The molecule has 2 aliphatic rings. The summed E-state index contributed by atoms with van der Waals surface area (Å²) in [7, 11) is 0. The second kappa shape index (κ2) is 9.61. The van der Waals surface area contributed by atoms with Gasteiger partial charge in [-0.2, -0.15) is 0 Å². The molecule has 8 nitrogen and oxygen atoms in total. The molecule has 31 heavy (non-hydrogen) atoms. The first-order chi connectivity index (χ1) is 15.1. The molecular formula is C23H25N3O5. The van der Waals surface area contributed by atoms with Gasteiger partial charge in [0.15, 0.2) is 5.75 Å². The van der Waals surface area contributed by atoms with Crippen LogP contribution in [0.1, 0.15) is 25.3 Å². The van der Waals surface area contributed by atoms with E-state index in [0.717, 1.165) is 30.2 Å². The molecule has 0 aliphatic carbocycles. The van der Waals surface area contributed by atoms with E-state index in [9.17, 15) is 9.59 Å². The van der Waals surface area contributed by atoms with Gasteiger partial charge in [-0.25, -0.2) is 4.99 Å². The van der Waals surface area contributed by atoms with Crippen LogP contribution >= 0.6 is 0 Å². The molecule has 162 valence electrons. The maximum atomic E-state index is 12.3. The second-order valence-corrected chi connectivity index (χ2v) is 7.17. The monoisotopic (exact) mass is 423 g/mol. The van der Waals surface area contributed by atoms with Crippen molar-refractivity contribution in [2.45, 2.75) is 19.8 Å². The van der Waals surface area contributed by atoms with Crippen LogP contribution in [0.15, 0.2) is 47.5 Å². The number of carbonyl (C=O) groups is 2. The SMILES string of the molecule is CCOC(=O)CCC(=O)Nc1ccc2c(c1)C(N1CCOCC1)=Nc1ccccc1O2. The number of fused-ring (bicyclic) bond motifs is 2. The third-order valence-electron chi connectivity index (χ3n) is 4.99. The summed E-state index contributed by atoms with van der Waals surface area (Å²) < 4.78 is 16.5. The van der Waals surface area contributed by atoms with Crippen LogP contribution in [0, 0.1) is 0 Å². The summed E-state index contributed by atoms with van der Waals surface area (Å²) in [6.45, 7) is 4.73. The molecule has 2 aliphatic heterocycles. The zero-order valence-corrected chi connectivity index (χ0v) is 17.4. The quantitative estimate of drug-likeness (QED) is 0.741. The van der Waals surface area contributed by atoms with Gasteiger partial charge >= 0.3 is 5.97 Å². The molecule has 2 heterocycles. The Morgan fingerprint density at radius 3 is 2.71 bits per heavy atom. The number of rotatable bonds is 5. The lowest BCUT2D eigenvalue weighted by atomic mass is 10.1. The number of anilines is 1. The minimum atomic E-state index is -0.382. The summed E-state index contributed by atoms with van der Waals surface area (Å²) in [5.41, 5.74) is 2.16. The maximum Gasteiger partial charge on any atom is 0.306 e. The third kappa shape index (κ3) is 5.03. The topological polar surface area (TPSA) is 89.5 Å². The highest BCUT2D eigenvalue weighted by atomic mass is 16.5. The van der Waals surface area contributed by atoms with Crippen LogP contribution < -0.4 is 10.1 Å². The van der Waals surface area contributed by atoms with Crippen molar-refractivity contribution in [3.05, 3.63) is 48.0 Å². The van der Waals surface area contributed by atoms with Gasteiger partial charge in [-0.1, -0.05) is 12.1 Å². The number of aliphatic imine (C=N–C) groups is 1. The molecule has 4 rings (SSSR count). The maximum absolute atomic E-state index is 12.3. The fourth-order valence-electron chi connectivity index (χ4n) is 3.49. The molecular weight excluding hydrogens is 398 g/mol. The lowest BCUT2D eigenvalue weighted by Gasteiger charge is -2.30. The number of morpholine rings is 1. The van der Waals surface area contributed by atoms with E-state index in [1.54, 1.807) is 13.0 Å². The zero-order valence-electron chi connectivity index (χ0n) is 17.4. The van der Waals surface area contributed by atoms with E-state index >= 15 is 0 Å². The highest BCUT2D eigenvalue weighted by molar-refractivity contribution is 6.05.